The average molecular weight is 663 g/mol. The van der Waals surface area contributed by atoms with Crippen LogP contribution in [0.3, 0.4) is 0 Å². The number of nitrogens with two attached hydrogens (primary N) is 2. The fourth-order valence-electron chi connectivity index (χ4n) is 4.93. The van der Waals surface area contributed by atoms with Gasteiger partial charge in [-0.2, -0.15) is 0 Å². The molecule has 2 fully saturated rings. The fraction of sp³-hybridized carbons (Fsp3) is 0.625. The Balaban J connectivity index is 0.000000259. The topological polar surface area (TPSA) is 202 Å². The Bertz CT molecular complexity index is 1370. The summed E-state index contributed by atoms with van der Waals surface area (Å²) >= 11 is 0. The van der Waals surface area contributed by atoms with Crippen LogP contribution >= 0.6 is 0 Å². The number of anilines is 1. The van der Waals surface area contributed by atoms with Gasteiger partial charge >= 0.3 is 0 Å². The van der Waals surface area contributed by atoms with Gasteiger partial charge in [-0.3, -0.25) is 9.79 Å². The van der Waals surface area contributed by atoms with Crippen molar-refractivity contribution in [2.75, 3.05) is 18.9 Å². The molecule has 0 bridgehead atoms. The van der Waals surface area contributed by atoms with Crippen molar-refractivity contribution in [3.05, 3.63) is 46.4 Å². The third-order valence-electron chi connectivity index (χ3n) is 7.18. The number of nitrogen functional groups attached to an aromatic ring is 1. The predicted octanol–water partition coefficient (Wildman–Crippen LogP) is 5.19. The van der Waals surface area contributed by atoms with Crippen molar-refractivity contribution in [3.63, 3.8) is 0 Å². The molecular formula is C32H51FN8O6. The van der Waals surface area contributed by atoms with Gasteiger partial charge in [0, 0.05) is 19.0 Å². The van der Waals surface area contributed by atoms with Crippen LogP contribution in [0.15, 0.2) is 46.0 Å². The van der Waals surface area contributed by atoms with Gasteiger partial charge in [-0.1, -0.05) is 20.8 Å². The summed E-state index contributed by atoms with van der Waals surface area (Å²) in [5, 5.41) is 13.7. The lowest BCUT2D eigenvalue weighted by atomic mass is 10.1. The number of nitrogens with one attached hydrogen (secondary N) is 1. The number of carbonyl (C=O) groups excluding carboxylic acids is 1. The van der Waals surface area contributed by atoms with E-state index in [-0.39, 0.29) is 36.1 Å². The molecule has 0 saturated carbocycles. The first kappa shape index (κ1) is 39.2. The number of aliphatic imine (C=N–C) groups is 1. The number of hydrogen-bond acceptors (Lipinski definition) is 12. The number of ether oxygens (including phenoxy) is 2. The van der Waals surface area contributed by atoms with Gasteiger partial charge in [0.2, 0.25) is 0 Å². The van der Waals surface area contributed by atoms with Crippen molar-refractivity contribution in [1.29, 1.82) is 0 Å². The van der Waals surface area contributed by atoms with Crippen molar-refractivity contribution in [1.82, 2.24) is 19.9 Å². The molecule has 1 amide bonds. The molecule has 15 heteroatoms. The second-order valence-electron chi connectivity index (χ2n) is 11.9. The molecule has 262 valence electrons. The highest BCUT2D eigenvalue weighted by Crippen LogP contribution is 2.33. The van der Waals surface area contributed by atoms with E-state index >= 15 is 0 Å². The molecule has 2 saturated heterocycles. The highest BCUT2D eigenvalue weighted by Gasteiger charge is 2.29. The van der Waals surface area contributed by atoms with E-state index < -0.39 is 5.82 Å². The number of amides is 1. The summed E-state index contributed by atoms with van der Waals surface area (Å²) < 4.78 is 26.7. The molecular weight excluding hydrogens is 611 g/mol. The van der Waals surface area contributed by atoms with Gasteiger partial charge in [0.15, 0.2) is 16.8 Å². The van der Waals surface area contributed by atoms with Crippen LogP contribution in [0.1, 0.15) is 92.7 Å². The zero-order valence-corrected chi connectivity index (χ0v) is 28.3. The number of halogens is 1. The van der Waals surface area contributed by atoms with Gasteiger partial charge in [-0.15, -0.1) is 4.91 Å². The van der Waals surface area contributed by atoms with Crippen LogP contribution in [0, 0.1) is 16.6 Å². The van der Waals surface area contributed by atoms with Crippen molar-refractivity contribution in [2.24, 2.45) is 22.0 Å². The summed E-state index contributed by atoms with van der Waals surface area (Å²) in [6.07, 6.45) is 12.7. The molecule has 4 rings (SSSR count). The third-order valence-corrected chi connectivity index (χ3v) is 7.18. The number of rotatable bonds is 12. The molecule has 4 heterocycles. The van der Waals surface area contributed by atoms with E-state index in [4.69, 9.17) is 26.0 Å². The van der Waals surface area contributed by atoms with Gasteiger partial charge < -0.3 is 40.8 Å². The van der Waals surface area contributed by atoms with E-state index in [1.807, 2.05) is 34.6 Å². The SMILES string of the molecule is CC/C=C(\N)NC(=O)C(N=CC(C)C)=C(C)C.CC1CCC(CCCO)O1.Nc1ncnc2c1c(F)cn2C1CCC(CON=O)O1. The summed E-state index contributed by atoms with van der Waals surface area (Å²) in [6.45, 7) is 12.2. The molecule has 47 heavy (non-hydrogen) atoms. The summed E-state index contributed by atoms with van der Waals surface area (Å²) in [7, 11) is 0. The van der Waals surface area contributed by atoms with Crippen LogP contribution in [0.2, 0.25) is 0 Å². The Morgan fingerprint density at radius 3 is 2.55 bits per heavy atom. The quantitative estimate of drug-likeness (QED) is 0.101. The summed E-state index contributed by atoms with van der Waals surface area (Å²) in [6, 6.07) is 0. The van der Waals surface area contributed by atoms with Crippen LogP contribution in [-0.4, -0.2) is 63.3 Å². The van der Waals surface area contributed by atoms with Crippen LogP contribution in [0.5, 0.6) is 0 Å². The van der Waals surface area contributed by atoms with Crippen LogP contribution < -0.4 is 16.8 Å². The third kappa shape index (κ3) is 13.0. The summed E-state index contributed by atoms with van der Waals surface area (Å²) in [4.78, 5) is 38.2. The lowest BCUT2D eigenvalue weighted by Gasteiger charge is -2.14. The molecule has 6 N–H and O–H groups in total. The second-order valence-corrected chi connectivity index (χ2v) is 11.9. The smallest absolute Gasteiger partial charge is 0.275 e. The minimum Gasteiger partial charge on any atom is -0.396 e. The average Bonchev–Trinajstić information content (AvgIpc) is 3.74. The number of carbonyl (C=O) groups is 1. The zero-order valence-electron chi connectivity index (χ0n) is 28.3. The molecule has 2 aliphatic heterocycles. The number of aromatic nitrogens is 3. The monoisotopic (exact) mass is 662 g/mol. The molecule has 2 aliphatic rings. The van der Waals surface area contributed by atoms with Crippen LogP contribution in [0.4, 0.5) is 10.2 Å². The molecule has 0 aliphatic carbocycles. The maximum Gasteiger partial charge on any atom is 0.275 e. The minimum atomic E-state index is -0.490. The van der Waals surface area contributed by atoms with E-state index in [1.165, 1.54) is 25.4 Å². The molecule has 0 radical (unpaired) electrons. The molecule has 0 aromatic carbocycles. The highest BCUT2D eigenvalue weighted by atomic mass is 19.1. The lowest BCUT2D eigenvalue weighted by molar-refractivity contribution is -0.116. The minimum absolute atomic E-state index is 0.0821. The van der Waals surface area contributed by atoms with E-state index in [1.54, 1.807) is 16.9 Å². The number of fused-ring (bicyclic) bond motifs is 1. The van der Waals surface area contributed by atoms with Gasteiger partial charge in [0.1, 0.15) is 30.7 Å². The van der Waals surface area contributed by atoms with Crippen LogP contribution in [0.25, 0.3) is 11.0 Å². The molecule has 14 nitrogen and oxygen atoms in total. The number of hydrogen-bond donors (Lipinski definition) is 4. The highest BCUT2D eigenvalue weighted by molar-refractivity contribution is 5.96. The Morgan fingerprint density at radius 2 is 1.96 bits per heavy atom. The fourth-order valence-corrected chi connectivity index (χ4v) is 4.93. The molecule has 2 aromatic rings. The molecule has 4 unspecified atom stereocenters. The van der Waals surface area contributed by atoms with Crippen LogP contribution in [-0.2, 0) is 19.1 Å². The van der Waals surface area contributed by atoms with Crippen molar-refractivity contribution < 1.29 is 28.6 Å². The van der Waals surface area contributed by atoms with E-state index in [0.29, 0.717) is 54.7 Å². The Labute approximate surface area is 275 Å². The summed E-state index contributed by atoms with van der Waals surface area (Å²) in [5.41, 5.74) is 13.0. The standard InChI is InChI=1S/C13H23N3O.C11H12FN5O3.C8H16O2/c1-6-7-11(14)16-13(17)12(10(4)5)15-8-9(2)3;12-7-3-17(11-9(7)10(13)14-5-15-11)8-2-1-6(20-8)4-19-16-18;1-7-4-5-8(10-7)3-2-6-9/h7-9H,6,14H2,1-5H3,(H,16,17);3,5-6,8H,1-2,4H2,(H2,13,14,15);7-9H,2-6H2,1H3/b11-7+,15-8?;;. The first-order valence-electron chi connectivity index (χ1n) is 16.0. The number of aliphatic hydroxyl groups excluding tert-OH is 1. The number of allylic oxidation sites excluding steroid dienone is 2. The van der Waals surface area contributed by atoms with E-state index in [2.05, 4.69) is 37.4 Å². The van der Waals surface area contributed by atoms with E-state index in [9.17, 15) is 14.1 Å². The van der Waals surface area contributed by atoms with Gasteiger partial charge in [0.25, 0.3) is 5.91 Å². The van der Waals surface area contributed by atoms with Crippen molar-refractivity contribution >= 4 is 29.0 Å². The Kier molecular flexibility index (Phi) is 17.0. The first-order valence-corrected chi connectivity index (χ1v) is 16.0. The lowest BCUT2D eigenvalue weighted by Crippen LogP contribution is -2.28. The van der Waals surface area contributed by atoms with Gasteiger partial charge in [0.05, 0.1) is 29.5 Å². The second kappa shape index (κ2) is 20.3. The molecule has 4 atom stereocenters. The van der Waals surface area contributed by atoms with Gasteiger partial charge in [-0.25, -0.2) is 14.4 Å². The zero-order chi connectivity index (χ0) is 34.9. The maximum absolute atomic E-state index is 13.9. The maximum atomic E-state index is 13.9. The number of aliphatic hydroxyl groups is 1. The first-order chi connectivity index (χ1) is 22.4. The Morgan fingerprint density at radius 1 is 1.23 bits per heavy atom. The van der Waals surface area contributed by atoms with Gasteiger partial charge in [-0.05, 0) is 83.3 Å². The predicted molar refractivity (Wildman–Crippen MR) is 179 cm³/mol. The number of nitrogens with zero attached hydrogens (tertiary/aromatic N) is 5. The van der Waals surface area contributed by atoms with E-state index in [0.717, 1.165) is 24.8 Å². The molecule has 2 aromatic heterocycles. The normalized spacial score (nSPS) is 20.8. The Hall–Kier alpha value is -3.95. The van der Waals surface area contributed by atoms with Crippen molar-refractivity contribution in [2.45, 2.75) is 111 Å². The molecule has 0 spiro atoms. The summed E-state index contributed by atoms with van der Waals surface area (Å²) in [5.74, 6) is 0.0195. The van der Waals surface area contributed by atoms with Crippen molar-refractivity contribution in [3.8, 4) is 0 Å². The largest absolute Gasteiger partial charge is 0.396 e.